The van der Waals surface area contributed by atoms with Crippen molar-refractivity contribution in [1.29, 1.82) is 0 Å². The van der Waals surface area contributed by atoms with Crippen LogP contribution in [0.1, 0.15) is 27.4 Å². The van der Waals surface area contributed by atoms with Gasteiger partial charge < -0.3 is 24.1 Å². The summed E-state index contributed by atoms with van der Waals surface area (Å²) in [5.41, 5.74) is 4.18. The van der Waals surface area contributed by atoms with Crippen molar-refractivity contribution >= 4 is 5.91 Å². The highest BCUT2D eigenvalue weighted by molar-refractivity contribution is 5.97. The van der Waals surface area contributed by atoms with Gasteiger partial charge in [-0.2, -0.15) is 5.10 Å². The molecule has 0 aliphatic carbocycles. The van der Waals surface area contributed by atoms with E-state index in [0.717, 1.165) is 25.2 Å². The van der Waals surface area contributed by atoms with Crippen LogP contribution >= 0.6 is 0 Å². The Bertz CT molecular complexity index is 1070. The van der Waals surface area contributed by atoms with Crippen molar-refractivity contribution in [3.8, 4) is 22.8 Å². The number of nitrogens with one attached hydrogen (secondary N) is 1. The molecule has 1 amide bonds. The molecule has 30 heavy (non-hydrogen) atoms. The number of ether oxygens (including phenoxy) is 2. The molecule has 0 atom stereocenters. The summed E-state index contributed by atoms with van der Waals surface area (Å²) >= 11 is 0. The highest BCUT2D eigenvalue weighted by atomic mass is 16.5. The molecule has 0 fully saturated rings. The summed E-state index contributed by atoms with van der Waals surface area (Å²) in [6.45, 7) is 2.16. The van der Waals surface area contributed by atoms with Gasteiger partial charge >= 0.3 is 0 Å². The maximum absolute atomic E-state index is 12.9. The highest BCUT2D eigenvalue weighted by Gasteiger charge is 2.24. The number of hydrogen-bond donors (Lipinski definition) is 1. The van der Waals surface area contributed by atoms with Crippen LogP contribution in [0.15, 0.2) is 29.0 Å². The zero-order valence-corrected chi connectivity index (χ0v) is 17.6. The number of amides is 1. The second kappa shape index (κ2) is 8.19. The number of methoxy groups -OCH3 is 2. The molecule has 1 N–H and O–H groups in total. The van der Waals surface area contributed by atoms with Crippen molar-refractivity contribution in [2.75, 3.05) is 27.8 Å². The molecule has 2 aromatic heterocycles. The molecule has 1 aliphatic rings. The Balaban J connectivity index is 1.54. The van der Waals surface area contributed by atoms with E-state index in [2.05, 4.69) is 27.3 Å². The Labute approximate surface area is 174 Å². The van der Waals surface area contributed by atoms with Crippen LogP contribution in [0, 0.1) is 0 Å². The van der Waals surface area contributed by atoms with Gasteiger partial charge in [0.15, 0.2) is 29.3 Å². The zero-order valence-electron chi connectivity index (χ0n) is 17.6. The third-order valence-electron chi connectivity index (χ3n) is 5.36. The van der Waals surface area contributed by atoms with Gasteiger partial charge in [0.25, 0.3) is 5.91 Å². The lowest BCUT2D eigenvalue weighted by atomic mass is 10.1. The first-order valence-electron chi connectivity index (χ1n) is 9.68. The summed E-state index contributed by atoms with van der Waals surface area (Å²) in [6, 6.07) is 5.31. The van der Waals surface area contributed by atoms with E-state index in [0.29, 0.717) is 29.4 Å². The van der Waals surface area contributed by atoms with Crippen molar-refractivity contribution in [2.45, 2.75) is 19.5 Å². The number of nitrogens with zero attached hydrogens (tertiary/aromatic N) is 4. The average molecular weight is 411 g/mol. The molecule has 0 unspecified atom stereocenters. The Kier molecular flexibility index (Phi) is 5.45. The van der Waals surface area contributed by atoms with Gasteiger partial charge in [0.1, 0.15) is 0 Å². The Morgan fingerprint density at radius 1 is 1.23 bits per heavy atom. The van der Waals surface area contributed by atoms with E-state index in [-0.39, 0.29) is 11.6 Å². The van der Waals surface area contributed by atoms with Gasteiger partial charge in [-0.15, -0.1) is 0 Å². The summed E-state index contributed by atoms with van der Waals surface area (Å²) in [4.78, 5) is 19.2. The van der Waals surface area contributed by atoms with E-state index in [1.54, 1.807) is 32.4 Å². The SMILES string of the molecule is COc1ccc(-c2ocnc2C(=O)NCc2nn(C)c3c2CN(C)CC3)cc1OC. The molecule has 3 aromatic rings. The van der Waals surface area contributed by atoms with Crippen molar-refractivity contribution in [3.63, 3.8) is 0 Å². The summed E-state index contributed by atoms with van der Waals surface area (Å²) in [5.74, 6) is 1.19. The lowest BCUT2D eigenvalue weighted by Crippen LogP contribution is -2.29. The maximum atomic E-state index is 12.9. The maximum Gasteiger partial charge on any atom is 0.274 e. The fourth-order valence-corrected chi connectivity index (χ4v) is 3.78. The highest BCUT2D eigenvalue weighted by Crippen LogP contribution is 2.33. The first-order chi connectivity index (χ1) is 14.5. The molecular weight excluding hydrogens is 386 g/mol. The number of aryl methyl sites for hydroxylation is 1. The Morgan fingerprint density at radius 2 is 2.03 bits per heavy atom. The summed E-state index contributed by atoms with van der Waals surface area (Å²) in [6.07, 6.45) is 2.22. The zero-order chi connectivity index (χ0) is 21.3. The van der Waals surface area contributed by atoms with E-state index in [4.69, 9.17) is 13.9 Å². The standard InChI is InChI=1S/C21H25N5O4/c1-25-8-7-16-14(11-25)15(24-26(16)2)10-22-21(27)19-20(30-12-23-19)13-5-6-17(28-3)18(9-13)29-4/h5-6,9,12H,7-8,10-11H2,1-4H3,(H,22,27). The number of carbonyl (C=O) groups is 1. The minimum Gasteiger partial charge on any atom is -0.493 e. The molecule has 1 aliphatic heterocycles. The number of hydrogen-bond acceptors (Lipinski definition) is 7. The van der Waals surface area contributed by atoms with Crippen molar-refractivity contribution in [3.05, 3.63) is 47.2 Å². The molecule has 158 valence electrons. The van der Waals surface area contributed by atoms with Crippen LogP contribution in [0.25, 0.3) is 11.3 Å². The molecule has 3 heterocycles. The van der Waals surface area contributed by atoms with Gasteiger partial charge in [-0.3, -0.25) is 9.48 Å². The van der Waals surface area contributed by atoms with E-state index < -0.39 is 0 Å². The van der Waals surface area contributed by atoms with Crippen molar-refractivity contribution in [2.24, 2.45) is 7.05 Å². The smallest absolute Gasteiger partial charge is 0.274 e. The molecule has 1 aromatic carbocycles. The van der Waals surface area contributed by atoms with E-state index >= 15 is 0 Å². The third-order valence-corrected chi connectivity index (χ3v) is 5.36. The van der Waals surface area contributed by atoms with Gasteiger partial charge in [0, 0.05) is 43.4 Å². The van der Waals surface area contributed by atoms with E-state index in [1.165, 1.54) is 17.7 Å². The number of rotatable bonds is 6. The normalized spacial score (nSPS) is 13.7. The topological polar surface area (TPSA) is 94.7 Å². The Morgan fingerprint density at radius 3 is 2.80 bits per heavy atom. The summed E-state index contributed by atoms with van der Waals surface area (Å²) in [5, 5.41) is 7.53. The first-order valence-corrected chi connectivity index (χ1v) is 9.68. The third kappa shape index (κ3) is 3.63. The first kappa shape index (κ1) is 20.0. The minimum absolute atomic E-state index is 0.212. The molecular formula is C21H25N5O4. The molecule has 9 heteroatoms. The molecule has 0 radical (unpaired) electrons. The molecule has 0 spiro atoms. The van der Waals surface area contributed by atoms with Crippen LogP contribution < -0.4 is 14.8 Å². The molecule has 0 saturated carbocycles. The van der Waals surface area contributed by atoms with Crippen LogP contribution in [0.3, 0.4) is 0 Å². The lowest BCUT2D eigenvalue weighted by Gasteiger charge is -2.23. The minimum atomic E-state index is -0.322. The van der Waals surface area contributed by atoms with Gasteiger partial charge in [-0.1, -0.05) is 0 Å². The average Bonchev–Trinajstić information content (AvgIpc) is 3.36. The van der Waals surface area contributed by atoms with Gasteiger partial charge in [-0.25, -0.2) is 4.98 Å². The number of carbonyl (C=O) groups excluding carboxylic acids is 1. The van der Waals surface area contributed by atoms with Crippen LogP contribution in [-0.4, -0.2) is 53.4 Å². The summed E-state index contributed by atoms with van der Waals surface area (Å²) in [7, 11) is 7.16. The number of benzene rings is 1. The fraction of sp³-hybridized carbons (Fsp3) is 0.381. The number of aromatic nitrogens is 3. The van der Waals surface area contributed by atoms with Crippen molar-refractivity contribution in [1.82, 2.24) is 25.0 Å². The molecule has 0 bridgehead atoms. The van der Waals surface area contributed by atoms with Gasteiger partial charge in [0.05, 0.1) is 26.5 Å². The number of fused-ring (bicyclic) bond motifs is 1. The second-order valence-corrected chi connectivity index (χ2v) is 7.27. The van der Waals surface area contributed by atoms with Crippen LogP contribution in [0.5, 0.6) is 11.5 Å². The van der Waals surface area contributed by atoms with Crippen LogP contribution in [-0.2, 0) is 26.6 Å². The molecule has 0 saturated heterocycles. The quantitative estimate of drug-likeness (QED) is 0.663. The fourth-order valence-electron chi connectivity index (χ4n) is 3.78. The largest absolute Gasteiger partial charge is 0.493 e. The summed E-state index contributed by atoms with van der Waals surface area (Å²) < 4.78 is 18.0. The van der Waals surface area contributed by atoms with Gasteiger partial charge in [0.2, 0.25) is 0 Å². The lowest BCUT2D eigenvalue weighted by molar-refractivity contribution is 0.0946. The van der Waals surface area contributed by atoms with Crippen LogP contribution in [0.4, 0.5) is 0 Å². The second-order valence-electron chi connectivity index (χ2n) is 7.27. The molecule has 4 rings (SSSR count). The van der Waals surface area contributed by atoms with Gasteiger partial charge in [-0.05, 0) is 25.2 Å². The monoisotopic (exact) mass is 411 g/mol. The number of oxazole rings is 1. The van der Waals surface area contributed by atoms with Crippen LogP contribution in [0.2, 0.25) is 0 Å². The molecule has 9 nitrogen and oxygen atoms in total. The van der Waals surface area contributed by atoms with E-state index in [9.17, 15) is 4.79 Å². The number of likely N-dealkylation sites (N-methyl/N-ethyl adjacent to an activating group) is 1. The Hall–Kier alpha value is -3.33. The predicted octanol–water partition coefficient (Wildman–Crippen LogP) is 2.01. The van der Waals surface area contributed by atoms with Crippen molar-refractivity contribution < 1.29 is 18.7 Å². The van der Waals surface area contributed by atoms with E-state index in [1.807, 2.05) is 11.7 Å². The predicted molar refractivity (Wildman–Crippen MR) is 109 cm³/mol.